The molecule has 4 aliphatic heterocycles. The first kappa shape index (κ1) is 28.5. The quantitative estimate of drug-likeness (QED) is 0.295. The SMILES string of the molecule is C/C(=C\CCC(C)(O)C1CCC([C@]2(C)CCC([C@]3(C)CC[C@H](C(C)(C)O)O3)O2)O1)CCC1OC1(C)C. The van der Waals surface area contributed by atoms with E-state index in [-0.39, 0.29) is 41.2 Å². The highest BCUT2D eigenvalue weighted by molar-refractivity contribution is 5.06. The molecule has 208 valence electrons. The van der Waals surface area contributed by atoms with Gasteiger partial charge in [0.15, 0.2) is 0 Å². The largest absolute Gasteiger partial charge is 0.388 e. The number of hydrogen-bond acceptors (Lipinski definition) is 6. The molecule has 4 saturated heterocycles. The van der Waals surface area contributed by atoms with Crippen LogP contribution >= 0.6 is 0 Å². The Morgan fingerprint density at radius 2 is 1.50 bits per heavy atom. The molecule has 4 fully saturated rings. The van der Waals surface area contributed by atoms with Crippen LogP contribution in [0.3, 0.4) is 0 Å². The molecule has 5 unspecified atom stereocenters. The second-order valence-corrected chi connectivity index (χ2v) is 14.0. The van der Waals surface area contributed by atoms with Gasteiger partial charge in [-0.15, -0.1) is 0 Å². The van der Waals surface area contributed by atoms with E-state index in [9.17, 15) is 10.2 Å². The topological polar surface area (TPSA) is 80.7 Å². The molecular formula is C30H52O6. The lowest BCUT2D eigenvalue weighted by atomic mass is 9.89. The van der Waals surface area contributed by atoms with Gasteiger partial charge in [0.25, 0.3) is 0 Å². The van der Waals surface area contributed by atoms with Crippen LogP contribution in [-0.2, 0) is 18.9 Å². The summed E-state index contributed by atoms with van der Waals surface area (Å²) in [4.78, 5) is 0. The van der Waals surface area contributed by atoms with Crippen molar-refractivity contribution in [2.45, 2.75) is 178 Å². The zero-order chi connectivity index (χ0) is 26.6. The van der Waals surface area contributed by atoms with Crippen LogP contribution in [0, 0.1) is 0 Å². The smallest absolute Gasteiger partial charge is 0.0921 e. The van der Waals surface area contributed by atoms with E-state index in [1.54, 1.807) is 0 Å². The summed E-state index contributed by atoms with van der Waals surface area (Å²) >= 11 is 0. The van der Waals surface area contributed by atoms with Crippen molar-refractivity contribution in [2.75, 3.05) is 0 Å². The molecule has 4 rings (SSSR count). The fourth-order valence-electron chi connectivity index (χ4n) is 6.64. The van der Waals surface area contributed by atoms with Crippen LogP contribution in [0.25, 0.3) is 0 Å². The van der Waals surface area contributed by atoms with E-state index in [0.29, 0.717) is 12.5 Å². The molecule has 0 amide bonds. The Morgan fingerprint density at radius 3 is 2.11 bits per heavy atom. The van der Waals surface area contributed by atoms with E-state index in [0.717, 1.165) is 57.8 Å². The van der Waals surface area contributed by atoms with Gasteiger partial charge >= 0.3 is 0 Å². The van der Waals surface area contributed by atoms with Crippen LogP contribution in [0.4, 0.5) is 0 Å². The summed E-state index contributed by atoms with van der Waals surface area (Å²) in [5.41, 5.74) is -1.03. The second-order valence-electron chi connectivity index (χ2n) is 14.0. The molecule has 0 aromatic heterocycles. The minimum atomic E-state index is -0.859. The molecule has 36 heavy (non-hydrogen) atoms. The lowest BCUT2D eigenvalue weighted by Crippen LogP contribution is -2.47. The molecular weight excluding hydrogens is 456 g/mol. The van der Waals surface area contributed by atoms with Gasteiger partial charge in [-0.05, 0) is 120 Å². The number of allylic oxidation sites excluding steroid dienone is 2. The average molecular weight is 509 g/mol. The molecule has 0 aromatic rings. The maximum atomic E-state index is 11.3. The summed E-state index contributed by atoms with van der Waals surface area (Å²) < 4.78 is 25.3. The summed E-state index contributed by atoms with van der Waals surface area (Å²) in [5, 5.41) is 21.7. The van der Waals surface area contributed by atoms with Gasteiger partial charge in [0.2, 0.25) is 0 Å². The van der Waals surface area contributed by atoms with Crippen LogP contribution in [0.2, 0.25) is 0 Å². The maximum Gasteiger partial charge on any atom is 0.0921 e. The predicted molar refractivity (Wildman–Crippen MR) is 141 cm³/mol. The summed E-state index contributed by atoms with van der Waals surface area (Å²) in [5.74, 6) is 0. The molecule has 8 atom stereocenters. The third kappa shape index (κ3) is 6.21. The minimum Gasteiger partial charge on any atom is -0.388 e. The van der Waals surface area contributed by atoms with Crippen LogP contribution in [-0.4, -0.2) is 68.7 Å². The Balaban J connectivity index is 1.25. The number of ether oxygens (including phenoxy) is 4. The highest BCUT2D eigenvalue weighted by atomic mass is 16.6. The standard InChI is InChI=1S/C30H52O6/c1-20(11-12-22-27(4,5)34-22)10-9-17-28(6,32)23-13-14-24(33-23)29(7)19-16-25(36-29)30(8)18-15-21(35-30)26(2,3)31/h10,21-25,31-32H,9,11-19H2,1-8H3/b20-10+/t21-,22?,23?,24?,25?,28?,29+,30+/m1/s1. The highest BCUT2D eigenvalue weighted by Gasteiger charge is 2.55. The van der Waals surface area contributed by atoms with Crippen molar-refractivity contribution in [1.29, 1.82) is 0 Å². The summed E-state index contributed by atoms with van der Waals surface area (Å²) in [6.07, 6.45) is 11.3. The predicted octanol–water partition coefficient (Wildman–Crippen LogP) is 5.62. The number of rotatable bonds is 10. The molecule has 4 aliphatic rings. The molecule has 6 heteroatoms. The molecule has 6 nitrogen and oxygen atoms in total. The van der Waals surface area contributed by atoms with E-state index in [1.807, 2.05) is 20.8 Å². The average Bonchev–Trinajstić information content (AvgIpc) is 3.26. The van der Waals surface area contributed by atoms with Gasteiger partial charge in [0.1, 0.15) is 0 Å². The monoisotopic (exact) mass is 508 g/mol. The molecule has 0 bridgehead atoms. The van der Waals surface area contributed by atoms with Crippen molar-refractivity contribution in [1.82, 2.24) is 0 Å². The van der Waals surface area contributed by atoms with Gasteiger partial charge < -0.3 is 29.2 Å². The fourth-order valence-corrected chi connectivity index (χ4v) is 6.64. The van der Waals surface area contributed by atoms with Crippen LogP contribution in [0.1, 0.15) is 120 Å². The Morgan fingerprint density at radius 1 is 0.861 bits per heavy atom. The first-order chi connectivity index (χ1) is 16.5. The van der Waals surface area contributed by atoms with Crippen molar-refractivity contribution < 1.29 is 29.2 Å². The van der Waals surface area contributed by atoms with Gasteiger partial charge in [0, 0.05) is 0 Å². The van der Waals surface area contributed by atoms with Crippen LogP contribution in [0.15, 0.2) is 11.6 Å². The fraction of sp³-hybridized carbons (Fsp3) is 0.933. The van der Waals surface area contributed by atoms with E-state index >= 15 is 0 Å². The molecule has 0 saturated carbocycles. The lowest BCUT2D eigenvalue weighted by molar-refractivity contribution is -0.201. The van der Waals surface area contributed by atoms with Gasteiger partial charge in [0.05, 0.1) is 58.5 Å². The van der Waals surface area contributed by atoms with Crippen molar-refractivity contribution >= 4 is 0 Å². The van der Waals surface area contributed by atoms with Gasteiger partial charge in [-0.3, -0.25) is 0 Å². The van der Waals surface area contributed by atoms with Crippen LogP contribution < -0.4 is 0 Å². The van der Waals surface area contributed by atoms with Gasteiger partial charge in [-0.25, -0.2) is 0 Å². The van der Waals surface area contributed by atoms with E-state index in [1.165, 1.54) is 5.57 Å². The van der Waals surface area contributed by atoms with Gasteiger partial charge in [-0.1, -0.05) is 11.6 Å². The van der Waals surface area contributed by atoms with E-state index < -0.39 is 11.2 Å². The van der Waals surface area contributed by atoms with Crippen molar-refractivity contribution in [2.24, 2.45) is 0 Å². The minimum absolute atomic E-state index is 0.00210. The Kier molecular flexibility index (Phi) is 7.85. The first-order valence-corrected chi connectivity index (χ1v) is 14.3. The Hall–Kier alpha value is -0.500. The molecule has 0 spiro atoms. The summed E-state index contributed by atoms with van der Waals surface area (Å²) in [6, 6.07) is 0. The maximum absolute atomic E-state index is 11.3. The third-order valence-electron chi connectivity index (χ3n) is 9.60. The van der Waals surface area contributed by atoms with Crippen molar-refractivity contribution in [3.63, 3.8) is 0 Å². The zero-order valence-corrected chi connectivity index (χ0v) is 24.1. The second kappa shape index (κ2) is 9.91. The third-order valence-corrected chi connectivity index (χ3v) is 9.60. The van der Waals surface area contributed by atoms with E-state index in [4.69, 9.17) is 18.9 Å². The Labute approximate surface area is 219 Å². The number of hydrogen-bond donors (Lipinski definition) is 2. The normalized spacial score (nSPS) is 42.6. The van der Waals surface area contributed by atoms with Crippen LogP contribution in [0.5, 0.6) is 0 Å². The first-order valence-electron chi connectivity index (χ1n) is 14.3. The molecule has 2 N–H and O–H groups in total. The molecule has 4 heterocycles. The summed E-state index contributed by atoms with van der Waals surface area (Å²) in [6.45, 7) is 16.3. The Bertz CT molecular complexity index is 813. The summed E-state index contributed by atoms with van der Waals surface area (Å²) in [7, 11) is 0. The molecule has 0 radical (unpaired) electrons. The number of epoxide rings is 1. The highest BCUT2D eigenvalue weighted by Crippen LogP contribution is 2.48. The lowest BCUT2D eigenvalue weighted by Gasteiger charge is -2.38. The van der Waals surface area contributed by atoms with Gasteiger partial charge in [-0.2, -0.15) is 0 Å². The number of aliphatic hydroxyl groups is 2. The van der Waals surface area contributed by atoms with Crippen molar-refractivity contribution in [3.8, 4) is 0 Å². The zero-order valence-electron chi connectivity index (χ0n) is 24.1. The molecule has 0 aliphatic carbocycles. The van der Waals surface area contributed by atoms with Crippen molar-refractivity contribution in [3.05, 3.63) is 11.6 Å². The van der Waals surface area contributed by atoms with E-state index in [2.05, 4.69) is 40.7 Å². The molecule has 0 aromatic carbocycles.